The van der Waals surface area contributed by atoms with E-state index in [0.717, 1.165) is 18.0 Å². The monoisotopic (exact) mass is 521 g/mol. The Morgan fingerprint density at radius 1 is 1.08 bits per heavy atom. The maximum absolute atomic E-state index is 13.4. The van der Waals surface area contributed by atoms with E-state index in [1.54, 1.807) is 35.8 Å². The molecule has 188 valence electrons. The lowest BCUT2D eigenvalue weighted by molar-refractivity contribution is -0.188. The number of nitrogens with zero attached hydrogens (tertiary/aromatic N) is 7. The molecule has 5 heterocycles. The lowest BCUT2D eigenvalue weighted by atomic mass is 9.73. The Balaban J connectivity index is 1.28. The Bertz CT molecular complexity index is 1350. The summed E-state index contributed by atoms with van der Waals surface area (Å²) in [4.78, 5) is 21.2. The van der Waals surface area contributed by atoms with Crippen LogP contribution in [0.5, 0.6) is 0 Å². The number of hydrogen-bond acceptors (Lipinski definition) is 6. The highest BCUT2D eigenvalue weighted by Crippen LogP contribution is 2.45. The molecule has 0 N–H and O–H groups in total. The zero-order valence-electron chi connectivity index (χ0n) is 19.0. The van der Waals surface area contributed by atoms with Crippen LogP contribution >= 0.6 is 11.6 Å². The summed E-state index contributed by atoms with van der Waals surface area (Å²) < 4.78 is 55.0. The molecular weight excluding hydrogens is 502 g/mol. The van der Waals surface area contributed by atoms with E-state index in [-0.39, 0.29) is 23.6 Å². The summed E-state index contributed by atoms with van der Waals surface area (Å²) in [5.41, 5.74) is 1.08. The van der Waals surface area contributed by atoms with Crippen LogP contribution < -0.4 is 9.80 Å². The van der Waals surface area contributed by atoms with E-state index in [1.807, 2.05) is 4.90 Å². The Morgan fingerprint density at radius 3 is 2.47 bits per heavy atom. The molecule has 3 aliphatic heterocycles. The largest absolute Gasteiger partial charge is 0.471 e. The van der Waals surface area contributed by atoms with Crippen molar-refractivity contribution in [2.24, 2.45) is 5.41 Å². The van der Waals surface area contributed by atoms with Gasteiger partial charge < -0.3 is 14.7 Å². The van der Waals surface area contributed by atoms with E-state index >= 15 is 0 Å². The number of anilines is 2. The molecular formula is C23H20ClF4N7O. The van der Waals surface area contributed by atoms with Crippen LogP contribution in [0.3, 0.4) is 0 Å². The summed E-state index contributed by atoms with van der Waals surface area (Å²) in [6, 6.07) is 7.09. The minimum atomic E-state index is -5.02. The molecule has 0 bridgehead atoms. The summed E-state index contributed by atoms with van der Waals surface area (Å²) in [5.74, 6) is -0.868. The van der Waals surface area contributed by atoms with Crippen LogP contribution in [0.15, 0.2) is 36.5 Å². The predicted molar refractivity (Wildman–Crippen MR) is 122 cm³/mol. The third-order valence-corrected chi connectivity index (χ3v) is 7.33. The van der Waals surface area contributed by atoms with Gasteiger partial charge in [-0.25, -0.2) is 9.37 Å². The van der Waals surface area contributed by atoms with Gasteiger partial charge in [-0.1, -0.05) is 11.6 Å². The number of carbonyl (C=O) groups excluding carboxylic acids is 1. The van der Waals surface area contributed by atoms with Crippen molar-refractivity contribution in [3.63, 3.8) is 0 Å². The lowest BCUT2D eigenvalue weighted by Crippen LogP contribution is -2.73. The highest BCUT2D eigenvalue weighted by molar-refractivity contribution is 6.30. The van der Waals surface area contributed by atoms with Gasteiger partial charge in [-0.2, -0.15) is 13.2 Å². The van der Waals surface area contributed by atoms with Crippen molar-refractivity contribution in [1.29, 1.82) is 0 Å². The maximum Gasteiger partial charge on any atom is 0.471 e. The van der Waals surface area contributed by atoms with Crippen LogP contribution in [0.25, 0.3) is 5.69 Å². The van der Waals surface area contributed by atoms with E-state index in [9.17, 15) is 22.4 Å². The van der Waals surface area contributed by atoms with E-state index in [2.05, 4.69) is 20.1 Å². The molecule has 3 aliphatic rings. The van der Waals surface area contributed by atoms with Crippen molar-refractivity contribution in [3.8, 4) is 5.69 Å². The first-order valence-electron chi connectivity index (χ1n) is 11.3. The van der Waals surface area contributed by atoms with Gasteiger partial charge in [0.15, 0.2) is 5.82 Å². The van der Waals surface area contributed by atoms with E-state index in [0.29, 0.717) is 41.1 Å². The third kappa shape index (κ3) is 3.57. The molecule has 1 atom stereocenters. The number of benzene rings is 1. The number of carbonyl (C=O) groups is 1. The normalized spacial score (nSPS) is 20.4. The quantitative estimate of drug-likeness (QED) is 0.479. The zero-order valence-corrected chi connectivity index (χ0v) is 19.8. The number of hydrogen-bond donors (Lipinski definition) is 0. The van der Waals surface area contributed by atoms with Crippen LogP contribution in [-0.4, -0.2) is 62.9 Å². The molecule has 0 aliphatic carbocycles. The van der Waals surface area contributed by atoms with Crippen LogP contribution in [0.4, 0.5) is 29.3 Å². The van der Waals surface area contributed by atoms with E-state index < -0.39 is 18.1 Å². The SMILES string of the molecule is CC1c2cc(Cl)ccc2-n2c(nnc2N2CC3(CN(c4ccc(F)cn4)C3)C2)CN1C(=O)C(F)(F)F. The fourth-order valence-electron chi connectivity index (χ4n) is 5.38. The Kier molecular flexibility index (Phi) is 4.98. The second-order valence-electron chi connectivity index (χ2n) is 9.61. The molecule has 1 spiro atoms. The highest BCUT2D eigenvalue weighted by Gasteiger charge is 2.54. The van der Waals surface area contributed by atoms with Crippen LogP contribution in [0, 0.1) is 11.2 Å². The number of fused-ring (bicyclic) bond motifs is 3. The molecule has 0 radical (unpaired) electrons. The second-order valence-corrected chi connectivity index (χ2v) is 10.0. The van der Waals surface area contributed by atoms with Gasteiger partial charge in [0.1, 0.15) is 11.6 Å². The van der Waals surface area contributed by atoms with Gasteiger partial charge in [-0.05, 0) is 37.3 Å². The van der Waals surface area contributed by atoms with Gasteiger partial charge in [0.2, 0.25) is 5.95 Å². The standard InChI is InChI=1S/C23H20ClF4N7O/c1-13-16-6-14(24)2-4-17(16)35-19(8-34(13)20(36)23(26,27)28)30-31-21(35)33-11-22(12-33)9-32(10-22)18-5-3-15(25)7-29-18/h2-7,13H,8-12H2,1H3. The van der Waals surface area contributed by atoms with Crippen LogP contribution in [0.1, 0.15) is 24.4 Å². The summed E-state index contributed by atoms with van der Waals surface area (Å²) in [6.45, 7) is 4.05. The number of alkyl halides is 3. The molecule has 2 fully saturated rings. The smallest absolute Gasteiger partial charge is 0.355 e. The summed E-state index contributed by atoms with van der Waals surface area (Å²) in [6.07, 6.45) is -3.83. The molecule has 3 aromatic rings. The van der Waals surface area contributed by atoms with Crippen molar-refractivity contribution in [2.75, 3.05) is 36.0 Å². The number of pyridine rings is 1. The van der Waals surface area contributed by atoms with Crippen molar-refractivity contribution in [1.82, 2.24) is 24.6 Å². The van der Waals surface area contributed by atoms with Gasteiger partial charge in [-0.15, -0.1) is 10.2 Å². The average Bonchev–Trinajstić information content (AvgIpc) is 3.13. The molecule has 8 nitrogen and oxygen atoms in total. The fourth-order valence-corrected chi connectivity index (χ4v) is 5.56. The molecule has 1 aromatic carbocycles. The van der Waals surface area contributed by atoms with E-state index in [1.165, 1.54) is 12.3 Å². The molecule has 2 saturated heterocycles. The van der Waals surface area contributed by atoms with Crippen molar-refractivity contribution in [2.45, 2.75) is 25.7 Å². The molecule has 2 aromatic heterocycles. The average molecular weight is 522 g/mol. The summed E-state index contributed by atoms with van der Waals surface area (Å²) in [7, 11) is 0. The number of rotatable bonds is 2. The summed E-state index contributed by atoms with van der Waals surface area (Å²) >= 11 is 6.18. The predicted octanol–water partition coefficient (Wildman–Crippen LogP) is 3.75. The molecule has 1 unspecified atom stereocenters. The molecule has 1 amide bonds. The number of halogens is 5. The first-order chi connectivity index (χ1) is 17.0. The van der Waals surface area contributed by atoms with Gasteiger partial charge in [0.25, 0.3) is 0 Å². The van der Waals surface area contributed by atoms with E-state index in [4.69, 9.17) is 11.6 Å². The number of amides is 1. The molecule has 36 heavy (non-hydrogen) atoms. The maximum atomic E-state index is 13.4. The third-order valence-electron chi connectivity index (χ3n) is 7.10. The van der Waals surface area contributed by atoms with Gasteiger partial charge in [-0.3, -0.25) is 9.36 Å². The minimum Gasteiger partial charge on any atom is -0.355 e. The second kappa shape index (κ2) is 7.79. The Labute approximate surface area is 208 Å². The first kappa shape index (κ1) is 23.0. The highest BCUT2D eigenvalue weighted by atomic mass is 35.5. The molecule has 0 saturated carbocycles. The Hall–Kier alpha value is -3.41. The minimum absolute atomic E-state index is 0.0155. The topological polar surface area (TPSA) is 70.4 Å². The zero-order chi connectivity index (χ0) is 25.4. The van der Waals surface area contributed by atoms with Gasteiger partial charge >= 0.3 is 12.1 Å². The summed E-state index contributed by atoms with van der Waals surface area (Å²) in [5, 5.41) is 8.82. The Morgan fingerprint density at radius 2 is 1.81 bits per heavy atom. The lowest BCUT2D eigenvalue weighted by Gasteiger charge is -2.60. The van der Waals surface area contributed by atoms with Gasteiger partial charge in [0, 0.05) is 42.2 Å². The first-order valence-corrected chi connectivity index (χ1v) is 11.7. The van der Waals surface area contributed by atoms with Crippen molar-refractivity contribution >= 4 is 29.3 Å². The molecule has 6 rings (SSSR count). The van der Waals surface area contributed by atoms with Crippen LogP contribution in [0.2, 0.25) is 5.02 Å². The van der Waals surface area contributed by atoms with Gasteiger partial charge in [0.05, 0.1) is 24.5 Å². The van der Waals surface area contributed by atoms with Crippen LogP contribution in [-0.2, 0) is 11.3 Å². The van der Waals surface area contributed by atoms with Crippen molar-refractivity contribution < 1.29 is 22.4 Å². The number of aromatic nitrogens is 4. The van der Waals surface area contributed by atoms with Crippen molar-refractivity contribution in [3.05, 3.63) is 58.8 Å². The fraction of sp³-hybridized carbons (Fsp3) is 0.391. The molecule has 13 heteroatoms.